The first-order valence-electron chi connectivity index (χ1n) is 7.53. The number of halogens is 3. The number of benzene rings is 1. The van der Waals surface area contributed by atoms with Gasteiger partial charge in [-0.2, -0.15) is 0 Å². The zero-order valence-corrected chi connectivity index (χ0v) is 14.0. The van der Waals surface area contributed by atoms with Crippen molar-refractivity contribution in [3.05, 3.63) is 35.1 Å². The van der Waals surface area contributed by atoms with Gasteiger partial charge >= 0.3 is 5.97 Å². The molecule has 1 aliphatic rings. The minimum atomic E-state index is -1.59. The minimum Gasteiger partial charge on any atom is -0.459 e. The van der Waals surface area contributed by atoms with E-state index in [2.05, 4.69) is 4.90 Å². The molecule has 0 amide bonds. The topological polar surface area (TPSA) is 29.5 Å². The van der Waals surface area contributed by atoms with Crippen LogP contribution in [0.3, 0.4) is 0 Å². The van der Waals surface area contributed by atoms with Crippen LogP contribution in [0.4, 0.5) is 13.2 Å². The average molecular weight is 329 g/mol. The van der Waals surface area contributed by atoms with E-state index in [9.17, 15) is 18.0 Å². The van der Waals surface area contributed by atoms with Gasteiger partial charge in [-0.1, -0.05) is 0 Å². The Labute approximate surface area is 134 Å². The van der Waals surface area contributed by atoms with Crippen LogP contribution < -0.4 is 0 Å². The summed E-state index contributed by atoms with van der Waals surface area (Å²) in [5.41, 5.74) is -0.700. The molecular weight excluding hydrogens is 307 g/mol. The quantitative estimate of drug-likeness (QED) is 0.608. The summed E-state index contributed by atoms with van der Waals surface area (Å²) in [6, 6.07) is 1.32. The number of piperidine rings is 1. The predicted octanol–water partition coefficient (Wildman–Crippen LogP) is 3.91. The third kappa shape index (κ3) is 3.52. The normalized spacial score (nSPS) is 21.2. The maximum absolute atomic E-state index is 13.2. The molecule has 2 rings (SSSR count). The van der Waals surface area contributed by atoms with Crippen LogP contribution in [0.2, 0.25) is 0 Å². The molecular formula is C17H22F3NO2. The van der Waals surface area contributed by atoms with Crippen molar-refractivity contribution in [3.63, 3.8) is 0 Å². The number of rotatable bonds is 2. The lowest BCUT2D eigenvalue weighted by Gasteiger charge is -2.53. The van der Waals surface area contributed by atoms with Crippen molar-refractivity contribution < 1.29 is 22.7 Å². The van der Waals surface area contributed by atoms with E-state index in [4.69, 9.17) is 4.74 Å². The van der Waals surface area contributed by atoms with Crippen LogP contribution in [0, 0.1) is 17.5 Å². The van der Waals surface area contributed by atoms with Gasteiger partial charge in [-0.3, -0.25) is 4.90 Å². The number of hydrogen-bond acceptors (Lipinski definition) is 3. The van der Waals surface area contributed by atoms with Crippen LogP contribution in [0.25, 0.3) is 0 Å². The van der Waals surface area contributed by atoms with Gasteiger partial charge < -0.3 is 4.74 Å². The highest BCUT2D eigenvalue weighted by Crippen LogP contribution is 2.38. The number of nitrogens with zero attached hydrogens (tertiary/aromatic N) is 1. The number of carbonyl (C=O) groups excluding carboxylic acids is 1. The van der Waals surface area contributed by atoms with Gasteiger partial charge in [0.2, 0.25) is 0 Å². The zero-order valence-electron chi connectivity index (χ0n) is 14.0. The smallest absolute Gasteiger partial charge is 0.338 e. The molecule has 1 heterocycles. The highest BCUT2D eigenvalue weighted by atomic mass is 19.2. The van der Waals surface area contributed by atoms with Crippen molar-refractivity contribution in [2.24, 2.45) is 0 Å². The standard InChI is InChI=1S/C17H22F3NO2/c1-16(2)8-11(9-17(3,4)21(16)5)23-15(22)10-6-12(18)14(20)13(19)7-10/h6-7,11H,8-9H2,1-5H3. The van der Waals surface area contributed by atoms with Crippen molar-refractivity contribution >= 4 is 5.97 Å². The fraction of sp³-hybridized carbons (Fsp3) is 0.588. The zero-order chi connectivity index (χ0) is 17.6. The summed E-state index contributed by atoms with van der Waals surface area (Å²) in [5.74, 6) is -5.24. The maximum atomic E-state index is 13.2. The Morgan fingerprint density at radius 1 is 1.09 bits per heavy atom. The SMILES string of the molecule is CN1C(C)(C)CC(OC(=O)c2cc(F)c(F)c(F)c2)CC1(C)C. The largest absolute Gasteiger partial charge is 0.459 e. The molecule has 0 aliphatic carbocycles. The Hall–Kier alpha value is -1.56. The number of likely N-dealkylation sites (tertiary alicyclic amines) is 1. The van der Waals surface area contributed by atoms with E-state index in [0.717, 1.165) is 0 Å². The van der Waals surface area contributed by atoms with Crippen molar-refractivity contribution in [1.82, 2.24) is 4.90 Å². The molecule has 3 nitrogen and oxygen atoms in total. The fourth-order valence-corrected chi connectivity index (χ4v) is 3.26. The van der Waals surface area contributed by atoms with E-state index < -0.39 is 23.4 Å². The second-order valence-corrected chi connectivity index (χ2v) is 7.37. The van der Waals surface area contributed by atoms with Crippen LogP contribution in [-0.4, -0.2) is 35.1 Å². The molecule has 23 heavy (non-hydrogen) atoms. The van der Waals surface area contributed by atoms with Crippen molar-refractivity contribution in [1.29, 1.82) is 0 Å². The van der Waals surface area contributed by atoms with E-state index in [1.54, 1.807) is 0 Å². The number of ether oxygens (including phenoxy) is 1. The van der Waals surface area contributed by atoms with E-state index in [1.165, 1.54) is 0 Å². The molecule has 0 N–H and O–H groups in total. The highest BCUT2D eigenvalue weighted by molar-refractivity contribution is 5.89. The molecule has 0 saturated carbocycles. The Kier molecular flexibility index (Phi) is 4.50. The molecule has 0 radical (unpaired) electrons. The van der Waals surface area contributed by atoms with Crippen LogP contribution >= 0.6 is 0 Å². The lowest BCUT2D eigenvalue weighted by molar-refractivity contribution is -0.0732. The third-order valence-corrected chi connectivity index (χ3v) is 4.76. The van der Waals surface area contributed by atoms with E-state index >= 15 is 0 Å². The summed E-state index contributed by atoms with van der Waals surface area (Å²) in [6.45, 7) is 8.19. The average Bonchev–Trinajstić information content (AvgIpc) is 2.40. The molecule has 128 valence electrons. The highest BCUT2D eigenvalue weighted by Gasteiger charge is 2.44. The van der Waals surface area contributed by atoms with E-state index in [0.29, 0.717) is 25.0 Å². The Morgan fingerprint density at radius 2 is 1.52 bits per heavy atom. The molecule has 0 unspecified atom stereocenters. The summed E-state index contributed by atoms with van der Waals surface area (Å²) in [4.78, 5) is 14.4. The Bertz CT molecular complexity index is 587. The second kappa shape index (κ2) is 5.82. The molecule has 1 aromatic rings. The second-order valence-electron chi connectivity index (χ2n) is 7.37. The predicted molar refractivity (Wildman–Crippen MR) is 80.7 cm³/mol. The van der Waals surface area contributed by atoms with Gasteiger partial charge in [0.25, 0.3) is 0 Å². The Morgan fingerprint density at radius 3 is 1.96 bits per heavy atom. The van der Waals surface area contributed by atoms with Gasteiger partial charge in [0, 0.05) is 23.9 Å². The van der Waals surface area contributed by atoms with Gasteiger partial charge in [-0.15, -0.1) is 0 Å². The summed E-state index contributed by atoms with van der Waals surface area (Å²) in [7, 11) is 2.02. The molecule has 1 aromatic carbocycles. The summed E-state index contributed by atoms with van der Waals surface area (Å²) < 4.78 is 44.9. The molecule has 0 atom stereocenters. The van der Waals surface area contributed by atoms with Gasteiger partial charge in [0.1, 0.15) is 6.10 Å². The van der Waals surface area contributed by atoms with Crippen molar-refractivity contribution in [3.8, 4) is 0 Å². The van der Waals surface area contributed by atoms with Gasteiger partial charge in [0.15, 0.2) is 17.5 Å². The molecule has 0 spiro atoms. The minimum absolute atomic E-state index is 0.188. The van der Waals surface area contributed by atoms with Crippen LogP contribution in [0.5, 0.6) is 0 Å². The molecule has 1 fully saturated rings. The first-order chi connectivity index (χ1) is 10.4. The van der Waals surface area contributed by atoms with E-state index in [1.807, 2.05) is 34.7 Å². The molecule has 1 saturated heterocycles. The van der Waals surface area contributed by atoms with Crippen LogP contribution in [0.15, 0.2) is 12.1 Å². The first-order valence-corrected chi connectivity index (χ1v) is 7.53. The van der Waals surface area contributed by atoms with Crippen molar-refractivity contribution in [2.45, 2.75) is 57.7 Å². The fourth-order valence-electron chi connectivity index (χ4n) is 3.26. The van der Waals surface area contributed by atoms with Gasteiger partial charge in [-0.25, -0.2) is 18.0 Å². The molecule has 1 aliphatic heterocycles. The lowest BCUT2D eigenvalue weighted by Crippen LogP contribution is -2.60. The summed E-state index contributed by atoms with van der Waals surface area (Å²) in [5, 5.41) is 0. The van der Waals surface area contributed by atoms with Crippen molar-refractivity contribution in [2.75, 3.05) is 7.05 Å². The molecule has 0 bridgehead atoms. The third-order valence-electron chi connectivity index (χ3n) is 4.76. The molecule has 0 aromatic heterocycles. The lowest BCUT2D eigenvalue weighted by atomic mass is 9.79. The first kappa shape index (κ1) is 17.8. The monoisotopic (exact) mass is 329 g/mol. The number of hydrogen-bond donors (Lipinski definition) is 0. The van der Waals surface area contributed by atoms with E-state index in [-0.39, 0.29) is 22.7 Å². The molecule has 6 heteroatoms. The maximum Gasteiger partial charge on any atom is 0.338 e. The van der Waals surface area contributed by atoms with Gasteiger partial charge in [0.05, 0.1) is 5.56 Å². The van der Waals surface area contributed by atoms with Crippen LogP contribution in [0.1, 0.15) is 50.9 Å². The summed E-state index contributed by atoms with van der Waals surface area (Å²) >= 11 is 0. The van der Waals surface area contributed by atoms with Crippen LogP contribution in [-0.2, 0) is 4.74 Å². The number of esters is 1. The number of carbonyl (C=O) groups is 1. The Balaban J connectivity index is 2.18. The van der Waals surface area contributed by atoms with Gasteiger partial charge in [-0.05, 0) is 46.9 Å². The summed E-state index contributed by atoms with van der Waals surface area (Å²) in [6.07, 6.45) is 0.829.